The summed E-state index contributed by atoms with van der Waals surface area (Å²) in [5.41, 5.74) is -2.52. The maximum Gasteiger partial charge on any atom is 0.417 e. The minimum absolute atomic E-state index is 0.0250. The summed E-state index contributed by atoms with van der Waals surface area (Å²) in [6, 6.07) is 9.70. The molecule has 11 heteroatoms. The molecule has 0 radical (unpaired) electrons. The summed E-state index contributed by atoms with van der Waals surface area (Å²) in [7, 11) is -2.82. The average molecular weight is 526 g/mol. The lowest BCUT2D eigenvalue weighted by molar-refractivity contribution is -0.137. The number of nitrogens with zero attached hydrogens (tertiary/aromatic N) is 1. The summed E-state index contributed by atoms with van der Waals surface area (Å²) in [6.45, 7) is 6.22. The molecule has 0 saturated heterocycles. The molecule has 0 spiro atoms. The molecule has 1 aromatic heterocycles. The smallest absolute Gasteiger partial charge is 0.347 e. The Labute approximate surface area is 208 Å². The van der Waals surface area contributed by atoms with E-state index in [1.54, 1.807) is 10.6 Å². The molecular formula is C25H28BF5N2O2S. The Balaban J connectivity index is 1.93. The monoisotopic (exact) mass is 526 g/mol. The molecule has 0 unspecified atom stereocenters. The number of aromatic nitrogens is 1. The minimum atomic E-state index is -4.57. The maximum atomic E-state index is 14.5. The molecule has 1 fully saturated rings. The number of sulfonamides is 1. The van der Waals surface area contributed by atoms with Gasteiger partial charge in [0.05, 0.1) is 16.3 Å². The summed E-state index contributed by atoms with van der Waals surface area (Å²) in [4.78, 5) is 0. The van der Waals surface area contributed by atoms with E-state index in [0.29, 0.717) is 30.3 Å². The Morgan fingerprint density at radius 1 is 1.06 bits per heavy atom. The van der Waals surface area contributed by atoms with Gasteiger partial charge in [-0.15, -0.1) is 0 Å². The quantitative estimate of drug-likeness (QED) is 0.326. The van der Waals surface area contributed by atoms with Crippen molar-refractivity contribution in [2.75, 3.05) is 0 Å². The van der Waals surface area contributed by atoms with Crippen LogP contribution >= 0.6 is 0 Å². The van der Waals surface area contributed by atoms with E-state index in [0.717, 1.165) is 13.9 Å². The highest BCUT2D eigenvalue weighted by atomic mass is 32.2. The predicted molar refractivity (Wildman–Crippen MR) is 133 cm³/mol. The molecule has 0 bridgehead atoms. The molecule has 1 aliphatic rings. The van der Waals surface area contributed by atoms with Gasteiger partial charge in [-0.1, -0.05) is 51.1 Å². The van der Waals surface area contributed by atoms with Crippen LogP contribution in [0.25, 0.3) is 22.0 Å². The average Bonchev–Trinajstić information content (AvgIpc) is 3.56. The highest BCUT2D eigenvalue weighted by Crippen LogP contribution is 2.41. The van der Waals surface area contributed by atoms with Crippen molar-refractivity contribution in [3.63, 3.8) is 0 Å². The molecule has 2 aromatic carbocycles. The van der Waals surface area contributed by atoms with Crippen molar-refractivity contribution in [1.29, 1.82) is 0 Å². The fraction of sp³-hybridized carbons (Fsp3) is 0.440. The van der Waals surface area contributed by atoms with Gasteiger partial charge in [0.25, 0.3) is 6.43 Å². The van der Waals surface area contributed by atoms with Crippen molar-refractivity contribution >= 4 is 28.8 Å². The molecular weight excluding hydrogens is 498 g/mol. The Morgan fingerprint density at radius 3 is 2.25 bits per heavy atom. The van der Waals surface area contributed by atoms with Gasteiger partial charge in [-0.3, -0.25) is 0 Å². The fourth-order valence-electron chi connectivity index (χ4n) is 4.47. The van der Waals surface area contributed by atoms with Gasteiger partial charge in [-0.2, -0.15) is 13.2 Å². The van der Waals surface area contributed by atoms with Gasteiger partial charge < -0.3 is 4.57 Å². The first-order valence-corrected chi connectivity index (χ1v) is 13.2. The first-order valence-electron chi connectivity index (χ1n) is 11.6. The Hall–Kier alpha value is -2.40. The lowest BCUT2D eigenvalue weighted by Crippen LogP contribution is -2.52. The molecule has 4 rings (SSSR count). The van der Waals surface area contributed by atoms with E-state index in [-0.39, 0.29) is 22.1 Å². The number of halogens is 5. The van der Waals surface area contributed by atoms with Crippen molar-refractivity contribution in [2.24, 2.45) is 5.41 Å². The van der Waals surface area contributed by atoms with Crippen molar-refractivity contribution in [3.8, 4) is 11.1 Å². The largest absolute Gasteiger partial charge is 0.417 e. The summed E-state index contributed by atoms with van der Waals surface area (Å²) in [6.07, 6.45) is -5.30. The van der Waals surface area contributed by atoms with Gasteiger partial charge in [0.1, 0.15) is 7.85 Å². The number of alkyl halides is 5. The predicted octanol–water partition coefficient (Wildman–Crippen LogP) is 5.51. The first kappa shape index (κ1) is 26.7. The number of fused-ring (bicyclic) bond motifs is 1. The third kappa shape index (κ3) is 5.18. The van der Waals surface area contributed by atoms with Crippen molar-refractivity contribution in [3.05, 3.63) is 59.8 Å². The number of rotatable bonds is 7. The van der Waals surface area contributed by atoms with Crippen LogP contribution in [-0.2, 0) is 28.2 Å². The zero-order chi connectivity index (χ0) is 26.7. The minimum Gasteiger partial charge on any atom is -0.347 e. The van der Waals surface area contributed by atoms with Crippen LogP contribution in [0.2, 0.25) is 0 Å². The van der Waals surface area contributed by atoms with Crippen LogP contribution in [0.5, 0.6) is 0 Å². The molecule has 3 aromatic rings. The van der Waals surface area contributed by atoms with Crippen LogP contribution in [0.4, 0.5) is 22.0 Å². The van der Waals surface area contributed by atoms with E-state index in [1.165, 1.54) is 36.5 Å². The Morgan fingerprint density at radius 2 is 1.69 bits per heavy atom. The van der Waals surface area contributed by atoms with Gasteiger partial charge in [-0.05, 0) is 47.1 Å². The van der Waals surface area contributed by atoms with E-state index >= 15 is 0 Å². The summed E-state index contributed by atoms with van der Waals surface area (Å²) in [5, 5.41) is -0.335. The standard InChI is InChI=1S/C25H28BF5N2O2S/c1-23(2,3)14-33-13-20(24(26,22(27)28)32-36(34,35)16-9-10-16)18-11-8-15(12-21(18)33)17-6-4-5-7-19(17)25(29,30)31/h4-8,11-13,16,22,32H,9-10,14,26H2,1-3H3/t24-/m0/s1. The number of hydrogen-bond donors (Lipinski definition) is 1. The van der Waals surface area contributed by atoms with E-state index in [2.05, 4.69) is 4.72 Å². The normalized spacial score (nSPS) is 17.0. The SMILES string of the molecule is B[C@](NS(=O)(=O)C1CC1)(c1cn(CC(C)(C)C)c2cc(-c3ccccc3C(F)(F)F)ccc12)C(F)F. The molecule has 1 aliphatic carbocycles. The maximum absolute atomic E-state index is 14.5. The van der Waals surface area contributed by atoms with E-state index in [1.807, 2.05) is 20.8 Å². The number of hydrogen-bond acceptors (Lipinski definition) is 2. The van der Waals surface area contributed by atoms with Gasteiger partial charge >= 0.3 is 6.18 Å². The Kier molecular flexibility index (Phi) is 6.57. The van der Waals surface area contributed by atoms with Crippen molar-refractivity contribution in [2.45, 2.75) is 63.4 Å². The molecule has 1 atom stereocenters. The van der Waals surface area contributed by atoms with Gasteiger partial charge in [0.2, 0.25) is 10.0 Å². The molecule has 0 aliphatic heterocycles. The van der Waals surface area contributed by atoms with Crippen LogP contribution < -0.4 is 4.72 Å². The second-order valence-electron chi connectivity index (χ2n) is 10.9. The highest BCUT2D eigenvalue weighted by molar-refractivity contribution is 7.90. The lowest BCUT2D eigenvalue weighted by Gasteiger charge is -2.30. The zero-order valence-electron chi connectivity index (χ0n) is 20.5. The summed E-state index contributed by atoms with van der Waals surface area (Å²) < 4.78 is 99.4. The van der Waals surface area contributed by atoms with E-state index < -0.39 is 38.9 Å². The van der Waals surface area contributed by atoms with Crippen molar-refractivity contribution in [1.82, 2.24) is 9.29 Å². The van der Waals surface area contributed by atoms with Crippen LogP contribution in [0.15, 0.2) is 48.7 Å². The summed E-state index contributed by atoms with van der Waals surface area (Å²) >= 11 is 0. The topological polar surface area (TPSA) is 51.1 Å². The second kappa shape index (κ2) is 8.87. The molecule has 0 amide bonds. The van der Waals surface area contributed by atoms with Crippen LogP contribution in [0, 0.1) is 5.41 Å². The first-order chi connectivity index (χ1) is 16.5. The molecule has 194 valence electrons. The number of benzene rings is 2. The molecule has 1 saturated carbocycles. The third-order valence-electron chi connectivity index (χ3n) is 6.38. The summed E-state index contributed by atoms with van der Waals surface area (Å²) in [5.74, 6) is 0. The zero-order valence-corrected chi connectivity index (χ0v) is 21.3. The molecule has 4 nitrogen and oxygen atoms in total. The molecule has 1 N–H and O–H groups in total. The van der Waals surface area contributed by atoms with Crippen LogP contribution in [0.3, 0.4) is 0 Å². The van der Waals surface area contributed by atoms with Gasteiger partial charge in [-0.25, -0.2) is 21.9 Å². The Bertz CT molecular complexity index is 1390. The van der Waals surface area contributed by atoms with E-state index in [4.69, 9.17) is 0 Å². The van der Waals surface area contributed by atoms with Gasteiger partial charge in [0.15, 0.2) is 0 Å². The second-order valence-corrected chi connectivity index (χ2v) is 12.8. The van der Waals surface area contributed by atoms with Crippen LogP contribution in [-0.4, -0.2) is 32.5 Å². The fourth-order valence-corrected chi connectivity index (χ4v) is 6.18. The van der Waals surface area contributed by atoms with Crippen molar-refractivity contribution < 1.29 is 30.4 Å². The van der Waals surface area contributed by atoms with Gasteiger partial charge in [0, 0.05) is 23.6 Å². The highest BCUT2D eigenvalue weighted by Gasteiger charge is 2.47. The number of nitrogens with one attached hydrogen (secondary N) is 1. The third-order valence-corrected chi connectivity index (χ3v) is 8.44. The molecule has 36 heavy (non-hydrogen) atoms. The lowest BCUT2D eigenvalue weighted by atomic mass is 9.73. The van der Waals surface area contributed by atoms with E-state index in [9.17, 15) is 30.4 Å². The van der Waals surface area contributed by atoms with Crippen LogP contribution in [0.1, 0.15) is 44.7 Å². The molecule has 1 heterocycles.